The van der Waals surface area contributed by atoms with Crippen molar-refractivity contribution in [3.8, 4) is 10.9 Å². The van der Waals surface area contributed by atoms with Gasteiger partial charge in [0.25, 0.3) is 5.19 Å². The van der Waals surface area contributed by atoms with Crippen LogP contribution in [0.2, 0.25) is 0 Å². The standard InChI is InChI=1S/C23H22N4O3S/c1-14(28)27-16-4-5-17(27)12-26(11-16)10-15-13-29-20-9-18(6-7-19(15)20)30-23-25-22-21(31-23)3-2-8-24-22/h2-3,6-9,13,16-17H,4-5,10-12H2,1H3. The Kier molecular flexibility index (Phi) is 4.43. The van der Waals surface area contributed by atoms with Crippen molar-refractivity contribution >= 4 is 38.6 Å². The molecule has 3 aromatic heterocycles. The molecule has 0 N–H and O–H groups in total. The number of carbonyl (C=O) groups excluding carboxylic acids is 1. The number of carbonyl (C=O) groups is 1. The van der Waals surface area contributed by atoms with Gasteiger partial charge in [-0.2, -0.15) is 4.98 Å². The summed E-state index contributed by atoms with van der Waals surface area (Å²) in [6.07, 6.45) is 5.78. The number of ether oxygens (including phenoxy) is 1. The first-order valence-corrected chi connectivity index (χ1v) is 11.4. The van der Waals surface area contributed by atoms with Gasteiger partial charge in [-0.05, 0) is 37.1 Å². The maximum absolute atomic E-state index is 11.9. The van der Waals surface area contributed by atoms with Crippen LogP contribution in [0, 0.1) is 0 Å². The molecule has 2 saturated heterocycles. The van der Waals surface area contributed by atoms with Gasteiger partial charge in [0.05, 0.1) is 11.0 Å². The summed E-state index contributed by atoms with van der Waals surface area (Å²) in [6, 6.07) is 10.5. The normalized spacial score (nSPS) is 21.3. The predicted octanol–water partition coefficient (Wildman–Crippen LogP) is 4.42. The Bertz CT molecular complexity index is 1240. The molecule has 158 valence electrons. The average Bonchev–Trinajstić information content (AvgIpc) is 3.42. The van der Waals surface area contributed by atoms with Gasteiger partial charge in [-0.25, -0.2) is 4.98 Å². The number of piperazine rings is 1. The highest BCUT2D eigenvalue weighted by Gasteiger charge is 2.41. The lowest BCUT2D eigenvalue weighted by Gasteiger charge is -2.40. The zero-order valence-electron chi connectivity index (χ0n) is 17.2. The fraction of sp³-hybridized carbons (Fsp3) is 0.348. The number of hydrogen-bond donors (Lipinski definition) is 0. The second-order valence-electron chi connectivity index (χ2n) is 8.33. The Hall–Kier alpha value is -2.97. The van der Waals surface area contributed by atoms with E-state index >= 15 is 0 Å². The molecule has 2 unspecified atom stereocenters. The SMILES string of the molecule is CC(=O)N1C2CCC1CN(Cc1coc3cc(Oc4nc5ncccc5s4)ccc13)C2. The van der Waals surface area contributed by atoms with Crippen LogP contribution in [0.3, 0.4) is 0 Å². The third kappa shape index (κ3) is 3.36. The fourth-order valence-electron chi connectivity index (χ4n) is 5.02. The minimum absolute atomic E-state index is 0.206. The van der Waals surface area contributed by atoms with Crippen molar-refractivity contribution in [3.05, 3.63) is 48.4 Å². The van der Waals surface area contributed by atoms with E-state index in [0.29, 0.717) is 28.7 Å². The Morgan fingerprint density at radius 2 is 2.10 bits per heavy atom. The van der Waals surface area contributed by atoms with Crippen LogP contribution >= 0.6 is 11.3 Å². The zero-order valence-corrected chi connectivity index (χ0v) is 18.0. The zero-order chi connectivity index (χ0) is 20.9. The van der Waals surface area contributed by atoms with Gasteiger partial charge in [-0.3, -0.25) is 9.69 Å². The van der Waals surface area contributed by atoms with Gasteiger partial charge in [-0.15, -0.1) is 0 Å². The Labute approximate surface area is 183 Å². The number of pyridine rings is 1. The third-order valence-electron chi connectivity index (χ3n) is 6.29. The van der Waals surface area contributed by atoms with Crippen LogP contribution in [0.4, 0.5) is 0 Å². The van der Waals surface area contributed by atoms with E-state index < -0.39 is 0 Å². The summed E-state index contributed by atoms with van der Waals surface area (Å²) in [5.74, 6) is 0.901. The molecule has 2 aliphatic rings. The second kappa shape index (κ2) is 7.32. The maximum Gasteiger partial charge on any atom is 0.281 e. The largest absolute Gasteiger partial charge is 0.464 e. The van der Waals surface area contributed by atoms with E-state index in [1.165, 1.54) is 16.9 Å². The van der Waals surface area contributed by atoms with Crippen molar-refractivity contribution < 1.29 is 13.9 Å². The van der Waals surface area contributed by atoms with Crippen molar-refractivity contribution in [3.63, 3.8) is 0 Å². The number of likely N-dealkylation sites (tertiary alicyclic amines) is 1. The lowest BCUT2D eigenvalue weighted by Crippen LogP contribution is -2.54. The summed E-state index contributed by atoms with van der Waals surface area (Å²) in [7, 11) is 0. The van der Waals surface area contributed by atoms with Gasteiger partial charge < -0.3 is 14.1 Å². The molecular weight excluding hydrogens is 412 g/mol. The molecule has 2 fully saturated rings. The highest BCUT2D eigenvalue weighted by atomic mass is 32.1. The minimum atomic E-state index is 0.206. The molecule has 1 aromatic carbocycles. The van der Waals surface area contributed by atoms with Crippen molar-refractivity contribution in [1.82, 2.24) is 19.8 Å². The third-order valence-corrected chi connectivity index (χ3v) is 7.18. The van der Waals surface area contributed by atoms with Crippen LogP contribution in [0.25, 0.3) is 21.3 Å². The second-order valence-corrected chi connectivity index (χ2v) is 9.32. The van der Waals surface area contributed by atoms with Crippen LogP contribution in [-0.4, -0.2) is 50.8 Å². The first-order valence-electron chi connectivity index (χ1n) is 10.5. The smallest absolute Gasteiger partial charge is 0.281 e. The van der Waals surface area contributed by atoms with Crippen molar-refractivity contribution in [2.45, 2.75) is 38.4 Å². The Balaban J connectivity index is 1.19. The summed E-state index contributed by atoms with van der Waals surface area (Å²) in [6.45, 7) is 4.37. The molecule has 7 nitrogen and oxygen atoms in total. The fourth-order valence-corrected chi connectivity index (χ4v) is 5.81. The summed E-state index contributed by atoms with van der Waals surface area (Å²) in [4.78, 5) is 25.2. The van der Waals surface area contributed by atoms with E-state index in [1.54, 1.807) is 13.1 Å². The molecule has 2 aliphatic heterocycles. The molecule has 1 amide bonds. The highest BCUT2D eigenvalue weighted by Crippen LogP contribution is 2.34. The van der Waals surface area contributed by atoms with Gasteiger partial charge in [0, 0.05) is 61.9 Å². The first-order chi connectivity index (χ1) is 15.1. The number of amides is 1. The number of nitrogens with zero attached hydrogens (tertiary/aromatic N) is 4. The summed E-state index contributed by atoms with van der Waals surface area (Å²) < 4.78 is 12.8. The Morgan fingerprint density at radius 3 is 2.87 bits per heavy atom. The van der Waals surface area contributed by atoms with Gasteiger partial charge in [0.15, 0.2) is 5.65 Å². The number of furan rings is 1. The van der Waals surface area contributed by atoms with E-state index in [1.807, 2.05) is 30.5 Å². The molecule has 0 spiro atoms. The first kappa shape index (κ1) is 18.8. The number of benzene rings is 1. The van der Waals surface area contributed by atoms with Crippen LogP contribution in [0.1, 0.15) is 25.3 Å². The molecule has 2 bridgehead atoms. The molecule has 6 rings (SSSR count). The van der Waals surface area contributed by atoms with Crippen molar-refractivity contribution in [1.29, 1.82) is 0 Å². The summed E-state index contributed by atoms with van der Waals surface area (Å²) in [5, 5.41) is 1.67. The number of aromatic nitrogens is 2. The molecule has 5 heterocycles. The molecule has 0 aliphatic carbocycles. The number of rotatable bonds is 4. The monoisotopic (exact) mass is 434 g/mol. The van der Waals surface area contributed by atoms with Gasteiger partial charge in [0.1, 0.15) is 11.3 Å². The molecule has 8 heteroatoms. The van der Waals surface area contributed by atoms with Crippen LogP contribution < -0.4 is 4.74 Å². The summed E-state index contributed by atoms with van der Waals surface area (Å²) in [5.41, 5.74) is 2.67. The van der Waals surface area contributed by atoms with E-state index in [4.69, 9.17) is 9.15 Å². The van der Waals surface area contributed by atoms with Crippen LogP contribution in [0.15, 0.2) is 47.2 Å². The number of hydrogen-bond acceptors (Lipinski definition) is 7. The molecule has 0 saturated carbocycles. The Morgan fingerprint density at radius 1 is 1.26 bits per heavy atom. The quantitative estimate of drug-likeness (QED) is 0.473. The molecular formula is C23H22N4O3S. The predicted molar refractivity (Wildman–Crippen MR) is 118 cm³/mol. The van der Waals surface area contributed by atoms with E-state index in [9.17, 15) is 4.79 Å². The van der Waals surface area contributed by atoms with Gasteiger partial charge >= 0.3 is 0 Å². The molecule has 31 heavy (non-hydrogen) atoms. The summed E-state index contributed by atoms with van der Waals surface area (Å²) >= 11 is 1.47. The van der Waals surface area contributed by atoms with Crippen LogP contribution in [0.5, 0.6) is 10.9 Å². The van der Waals surface area contributed by atoms with E-state index in [0.717, 1.165) is 48.1 Å². The highest BCUT2D eigenvalue weighted by molar-refractivity contribution is 7.20. The van der Waals surface area contributed by atoms with Crippen molar-refractivity contribution in [2.75, 3.05) is 13.1 Å². The minimum Gasteiger partial charge on any atom is -0.464 e. The number of thiazole rings is 1. The molecule has 0 radical (unpaired) electrons. The molecule has 2 atom stereocenters. The van der Waals surface area contributed by atoms with Gasteiger partial charge in [0.2, 0.25) is 5.91 Å². The van der Waals surface area contributed by atoms with Crippen LogP contribution in [-0.2, 0) is 11.3 Å². The van der Waals surface area contributed by atoms with E-state index in [2.05, 4.69) is 25.8 Å². The number of fused-ring (bicyclic) bond motifs is 4. The van der Waals surface area contributed by atoms with Crippen molar-refractivity contribution in [2.24, 2.45) is 0 Å². The topological polar surface area (TPSA) is 71.7 Å². The van der Waals surface area contributed by atoms with Gasteiger partial charge in [-0.1, -0.05) is 11.3 Å². The average molecular weight is 435 g/mol. The lowest BCUT2D eigenvalue weighted by molar-refractivity contribution is -0.134. The molecule has 4 aromatic rings. The maximum atomic E-state index is 11.9. The van der Waals surface area contributed by atoms with E-state index in [-0.39, 0.29) is 5.91 Å². The lowest BCUT2D eigenvalue weighted by atomic mass is 10.1.